The van der Waals surface area contributed by atoms with Crippen molar-refractivity contribution in [1.29, 1.82) is 0 Å². The second-order valence-electron chi connectivity index (χ2n) is 16.5. The molecule has 0 atom stereocenters. The summed E-state index contributed by atoms with van der Waals surface area (Å²) in [4.78, 5) is 2.48. The van der Waals surface area contributed by atoms with Crippen LogP contribution in [0.3, 0.4) is 0 Å². The van der Waals surface area contributed by atoms with E-state index >= 15 is 0 Å². The van der Waals surface area contributed by atoms with E-state index in [0.717, 1.165) is 17.1 Å². The number of anilines is 3. The molecule has 0 N–H and O–H groups in total. The summed E-state index contributed by atoms with van der Waals surface area (Å²) in [5, 5.41) is 4.97. The Labute approximate surface area is 352 Å². The summed E-state index contributed by atoms with van der Waals surface area (Å²) in [5.74, 6) is 0. The molecule has 1 nitrogen and oxygen atoms in total. The Balaban J connectivity index is 1.16. The predicted molar refractivity (Wildman–Crippen MR) is 255 cm³/mol. The highest BCUT2D eigenvalue weighted by molar-refractivity contribution is 6.09. The molecule has 0 amide bonds. The molecule has 0 saturated heterocycles. The topological polar surface area (TPSA) is 3.24 Å². The van der Waals surface area contributed by atoms with Crippen molar-refractivity contribution in [2.24, 2.45) is 0 Å². The molecule has 10 aromatic carbocycles. The molecule has 1 aliphatic rings. The van der Waals surface area contributed by atoms with Crippen molar-refractivity contribution in [2.75, 3.05) is 4.90 Å². The second-order valence-corrected chi connectivity index (χ2v) is 16.5. The van der Waals surface area contributed by atoms with E-state index in [1.54, 1.807) is 0 Å². The highest BCUT2D eigenvalue weighted by Crippen LogP contribution is 2.51. The van der Waals surface area contributed by atoms with Gasteiger partial charge in [0.15, 0.2) is 0 Å². The van der Waals surface area contributed by atoms with Crippen LogP contribution in [0.1, 0.15) is 25.0 Å². The molecule has 284 valence electrons. The lowest BCUT2D eigenvalue weighted by molar-refractivity contribution is 0.660. The average Bonchev–Trinajstić information content (AvgIpc) is 3.54. The molecule has 60 heavy (non-hydrogen) atoms. The summed E-state index contributed by atoms with van der Waals surface area (Å²) in [7, 11) is 0. The van der Waals surface area contributed by atoms with Gasteiger partial charge in [0.2, 0.25) is 0 Å². The van der Waals surface area contributed by atoms with Gasteiger partial charge in [-0.15, -0.1) is 0 Å². The Kier molecular flexibility index (Phi) is 8.57. The van der Waals surface area contributed by atoms with Gasteiger partial charge in [-0.25, -0.2) is 0 Å². The van der Waals surface area contributed by atoms with E-state index in [0.29, 0.717) is 0 Å². The minimum Gasteiger partial charge on any atom is -0.310 e. The fraction of sp³-hybridized carbons (Fsp3) is 0.0508. The lowest BCUT2D eigenvalue weighted by Crippen LogP contribution is -2.15. The van der Waals surface area contributed by atoms with E-state index in [2.05, 4.69) is 243 Å². The third-order valence-corrected chi connectivity index (χ3v) is 12.7. The van der Waals surface area contributed by atoms with Gasteiger partial charge in [0.05, 0.1) is 5.69 Å². The monoisotopic (exact) mass is 765 g/mol. The van der Waals surface area contributed by atoms with Crippen molar-refractivity contribution in [2.45, 2.75) is 19.3 Å². The first-order valence-corrected chi connectivity index (χ1v) is 20.9. The first-order valence-electron chi connectivity index (χ1n) is 20.9. The van der Waals surface area contributed by atoms with Crippen molar-refractivity contribution in [3.63, 3.8) is 0 Å². The highest BCUT2D eigenvalue weighted by Gasteiger charge is 2.35. The van der Waals surface area contributed by atoms with Crippen LogP contribution in [-0.2, 0) is 5.41 Å². The Morgan fingerprint density at radius 3 is 1.70 bits per heavy atom. The fourth-order valence-electron chi connectivity index (χ4n) is 9.71. The molecule has 0 aromatic heterocycles. The second kappa shape index (κ2) is 14.4. The maximum atomic E-state index is 2.48. The molecule has 0 spiro atoms. The van der Waals surface area contributed by atoms with Gasteiger partial charge in [-0.2, -0.15) is 0 Å². The summed E-state index contributed by atoms with van der Waals surface area (Å²) in [5.41, 5.74) is 18.2. The Morgan fingerprint density at radius 1 is 0.317 bits per heavy atom. The van der Waals surface area contributed by atoms with Gasteiger partial charge in [-0.05, 0) is 119 Å². The van der Waals surface area contributed by atoms with Crippen LogP contribution in [0.2, 0.25) is 0 Å². The molecule has 1 heteroatoms. The molecule has 0 heterocycles. The van der Waals surface area contributed by atoms with Gasteiger partial charge < -0.3 is 4.90 Å². The molecule has 0 unspecified atom stereocenters. The predicted octanol–water partition coefficient (Wildman–Crippen LogP) is 16.4. The maximum absolute atomic E-state index is 2.48. The SMILES string of the molecule is CC1(C)c2ccccc2-c2ccc(-c3cccc(N(c4ccc5c(ccc6ccccc65)c4)c4cccc(-c5ccccc5)c4-c4ccccc4-c4ccccc4)c3)cc21. The molecular formula is C59H43N. The van der Waals surface area contributed by atoms with Crippen LogP contribution >= 0.6 is 0 Å². The summed E-state index contributed by atoms with van der Waals surface area (Å²) < 4.78 is 0. The minimum absolute atomic E-state index is 0.0836. The fourth-order valence-corrected chi connectivity index (χ4v) is 9.71. The van der Waals surface area contributed by atoms with E-state index in [1.807, 2.05) is 0 Å². The molecule has 0 aliphatic heterocycles. The maximum Gasteiger partial charge on any atom is 0.0546 e. The van der Waals surface area contributed by atoms with Crippen LogP contribution in [-0.4, -0.2) is 0 Å². The Hall–Kier alpha value is -7.48. The molecule has 1 aliphatic carbocycles. The molecular weight excluding hydrogens is 723 g/mol. The van der Waals surface area contributed by atoms with Gasteiger partial charge in [0.1, 0.15) is 0 Å². The Morgan fingerprint density at radius 2 is 0.883 bits per heavy atom. The van der Waals surface area contributed by atoms with Crippen LogP contribution in [0, 0.1) is 0 Å². The molecule has 10 aromatic rings. The molecule has 0 radical (unpaired) electrons. The minimum atomic E-state index is -0.0836. The van der Waals surface area contributed by atoms with Gasteiger partial charge >= 0.3 is 0 Å². The van der Waals surface area contributed by atoms with Crippen LogP contribution in [0.5, 0.6) is 0 Å². The molecule has 0 saturated carbocycles. The van der Waals surface area contributed by atoms with E-state index in [1.165, 1.54) is 88.3 Å². The van der Waals surface area contributed by atoms with Crippen molar-refractivity contribution in [3.05, 3.63) is 236 Å². The normalized spacial score (nSPS) is 12.6. The Bertz CT molecular complexity index is 3230. The van der Waals surface area contributed by atoms with Crippen molar-refractivity contribution >= 4 is 38.6 Å². The summed E-state index contributed by atoms with van der Waals surface area (Å²) in [6.45, 7) is 4.72. The zero-order chi connectivity index (χ0) is 40.2. The van der Waals surface area contributed by atoms with Crippen LogP contribution in [0.15, 0.2) is 224 Å². The largest absolute Gasteiger partial charge is 0.310 e. The summed E-state index contributed by atoms with van der Waals surface area (Å²) >= 11 is 0. The number of benzene rings is 10. The lowest BCUT2D eigenvalue weighted by Gasteiger charge is -2.30. The smallest absolute Gasteiger partial charge is 0.0546 e. The van der Waals surface area contributed by atoms with Gasteiger partial charge in [0, 0.05) is 22.4 Å². The number of fused-ring (bicyclic) bond motifs is 6. The standard InChI is InChI=1S/C59H43N/c1-59(2)55-29-14-13-26-52(55)53-35-33-44(39-56(53)59)43-22-15-23-46(37-43)60(47-34-36-50-45(38-47)32-31-42-21-9-10-24-48(42)50)57-30-16-28-51(41-19-7-4-8-20-41)58(57)54-27-12-11-25-49(54)40-17-5-3-6-18-40/h3-39H,1-2H3. The number of nitrogens with zero attached hydrogens (tertiary/aromatic N) is 1. The van der Waals surface area contributed by atoms with Gasteiger partial charge in [-0.3, -0.25) is 0 Å². The van der Waals surface area contributed by atoms with E-state index in [-0.39, 0.29) is 5.41 Å². The highest BCUT2D eigenvalue weighted by atomic mass is 15.1. The van der Waals surface area contributed by atoms with Crippen molar-refractivity contribution in [1.82, 2.24) is 0 Å². The summed E-state index contributed by atoms with van der Waals surface area (Å²) in [6, 6.07) is 82.6. The van der Waals surface area contributed by atoms with E-state index in [4.69, 9.17) is 0 Å². The van der Waals surface area contributed by atoms with Crippen LogP contribution < -0.4 is 4.90 Å². The van der Waals surface area contributed by atoms with Crippen molar-refractivity contribution < 1.29 is 0 Å². The van der Waals surface area contributed by atoms with Crippen molar-refractivity contribution in [3.8, 4) is 55.6 Å². The molecule has 0 fully saturated rings. The van der Waals surface area contributed by atoms with E-state index < -0.39 is 0 Å². The number of rotatable bonds is 7. The zero-order valence-electron chi connectivity index (χ0n) is 33.8. The number of hydrogen-bond acceptors (Lipinski definition) is 1. The summed E-state index contributed by atoms with van der Waals surface area (Å²) in [6.07, 6.45) is 0. The number of hydrogen-bond donors (Lipinski definition) is 0. The molecule has 11 rings (SSSR count). The van der Waals surface area contributed by atoms with Crippen LogP contribution in [0.4, 0.5) is 17.1 Å². The van der Waals surface area contributed by atoms with E-state index in [9.17, 15) is 0 Å². The first-order chi connectivity index (χ1) is 29.5. The third kappa shape index (κ3) is 5.93. The first kappa shape index (κ1) is 35.7. The molecule has 0 bridgehead atoms. The van der Waals surface area contributed by atoms with Crippen LogP contribution in [0.25, 0.3) is 77.2 Å². The quantitative estimate of drug-likeness (QED) is 0.146. The van der Waals surface area contributed by atoms with Gasteiger partial charge in [-0.1, -0.05) is 202 Å². The lowest BCUT2D eigenvalue weighted by atomic mass is 9.81. The average molecular weight is 766 g/mol. The zero-order valence-corrected chi connectivity index (χ0v) is 33.8. The third-order valence-electron chi connectivity index (χ3n) is 12.7. The van der Waals surface area contributed by atoms with Gasteiger partial charge in [0.25, 0.3) is 0 Å².